The fourth-order valence-corrected chi connectivity index (χ4v) is 5.20. The number of thioether (sulfide) groups is 2. The largest absolute Gasteiger partial charge is 0.335 e. The fraction of sp³-hybridized carbons (Fsp3) is 0.692. The molecule has 2 rings (SSSR count). The third kappa shape index (κ3) is 5.44. The van der Waals surface area contributed by atoms with Crippen LogP contribution in [0.4, 0.5) is 4.79 Å². The number of aromatic nitrogens is 2. The first-order valence-electron chi connectivity index (χ1n) is 7.32. The Hall–Kier alpha value is -0.800. The van der Waals surface area contributed by atoms with Crippen LogP contribution in [0.2, 0.25) is 0 Å². The van der Waals surface area contributed by atoms with Crippen molar-refractivity contribution in [2.24, 2.45) is 0 Å². The topological polar surface area (TPSA) is 84.0 Å². The van der Waals surface area contributed by atoms with Gasteiger partial charge < -0.3 is 5.32 Å². The molecule has 0 aliphatic heterocycles. The number of carbonyl (C=O) groups excluding carboxylic acids is 2. The number of carbonyl (C=O) groups is 2. The molecule has 0 saturated heterocycles. The molecule has 1 saturated carbocycles. The quantitative estimate of drug-likeness (QED) is 0.759. The highest BCUT2D eigenvalue weighted by molar-refractivity contribution is 8.03. The van der Waals surface area contributed by atoms with Crippen LogP contribution >= 0.6 is 34.9 Å². The van der Waals surface area contributed by atoms with Gasteiger partial charge in [-0.3, -0.25) is 10.1 Å². The average molecular weight is 361 g/mol. The molecule has 2 N–H and O–H groups in total. The van der Waals surface area contributed by atoms with Crippen molar-refractivity contribution in [3.8, 4) is 0 Å². The van der Waals surface area contributed by atoms with E-state index in [0.29, 0.717) is 0 Å². The molecule has 1 fully saturated rings. The average Bonchev–Trinajstić information content (AvgIpc) is 3.11. The van der Waals surface area contributed by atoms with Crippen LogP contribution < -0.4 is 10.6 Å². The Bertz CT molecular complexity index is 517. The highest BCUT2D eigenvalue weighted by Gasteiger charge is 2.22. The molecule has 22 heavy (non-hydrogen) atoms. The zero-order valence-electron chi connectivity index (χ0n) is 12.6. The number of hydrogen-bond donors (Lipinski definition) is 2. The molecule has 0 radical (unpaired) electrons. The number of nitrogens with zero attached hydrogens (tertiary/aromatic N) is 2. The van der Waals surface area contributed by atoms with Crippen LogP contribution in [0.15, 0.2) is 8.68 Å². The first-order chi connectivity index (χ1) is 10.6. The lowest BCUT2D eigenvalue weighted by Gasteiger charge is -2.14. The Morgan fingerprint density at radius 2 is 2.00 bits per heavy atom. The summed E-state index contributed by atoms with van der Waals surface area (Å²) in [4.78, 5) is 23.8. The van der Waals surface area contributed by atoms with Crippen LogP contribution in [-0.2, 0) is 4.79 Å². The van der Waals surface area contributed by atoms with Gasteiger partial charge in [-0.15, -0.1) is 10.2 Å². The molecular weight excluding hydrogens is 340 g/mol. The van der Waals surface area contributed by atoms with Crippen molar-refractivity contribution in [3.63, 3.8) is 0 Å². The van der Waals surface area contributed by atoms with Crippen LogP contribution in [0.25, 0.3) is 0 Å². The van der Waals surface area contributed by atoms with E-state index in [-0.39, 0.29) is 17.2 Å². The molecule has 0 aromatic carbocycles. The van der Waals surface area contributed by atoms with E-state index in [1.807, 2.05) is 0 Å². The van der Waals surface area contributed by atoms with Gasteiger partial charge in [-0.1, -0.05) is 54.6 Å². The van der Waals surface area contributed by atoms with Gasteiger partial charge in [0.15, 0.2) is 8.68 Å². The van der Waals surface area contributed by atoms with Gasteiger partial charge in [0.1, 0.15) is 0 Å². The van der Waals surface area contributed by atoms with Crippen molar-refractivity contribution >= 4 is 46.8 Å². The molecule has 1 aromatic heterocycles. The number of hydrogen-bond acceptors (Lipinski definition) is 7. The minimum atomic E-state index is -0.399. The zero-order valence-corrected chi connectivity index (χ0v) is 15.1. The summed E-state index contributed by atoms with van der Waals surface area (Å²) in [5.74, 6) is 0.636. The number of imide groups is 1. The molecule has 0 spiro atoms. The van der Waals surface area contributed by atoms with E-state index < -0.39 is 6.03 Å². The van der Waals surface area contributed by atoms with Gasteiger partial charge in [0.05, 0.1) is 5.25 Å². The summed E-state index contributed by atoms with van der Waals surface area (Å²) < 4.78 is 1.64. The van der Waals surface area contributed by atoms with E-state index in [1.165, 1.54) is 23.1 Å². The molecule has 9 heteroatoms. The molecule has 6 nitrogen and oxygen atoms in total. The number of nitrogens with one attached hydrogen (secondary N) is 2. The first-order valence-corrected chi connectivity index (χ1v) is 10.0. The Kier molecular flexibility index (Phi) is 6.97. The number of urea groups is 1. The standard InChI is InChI=1S/C13H20N4O2S3/c1-3-20-12-16-17-13(22-12)21-8(2)10(18)15-11(19)14-9-6-4-5-7-9/h8-9H,3-7H2,1-2H3,(H2,14,15,18,19)/t8-/m1/s1. The van der Waals surface area contributed by atoms with Gasteiger partial charge in [-0.05, 0) is 25.5 Å². The Morgan fingerprint density at radius 1 is 1.32 bits per heavy atom. The molecule has 1 aliphatic rings. The van der Waals surface area contributed by atoms with Gasteiger partial charge in [-0.25, -0.2) is 4.79 Å². The van der Waals surface area contributed by atoms with E-state index in [9.17, 15) is 9.59 Å². The lowest BCUT2D eigenvalue weighted by molar-refractivity contribution is -0.119. The first kappa shape index (κ1) is 17.6. The number of rotatable bonds is 6. The van der Waals surface area contributed by atoms with Gasteiger partial charge in [-0.2, -0.15) is 0 Å². The third-order valence-electron chi connectivity index (χ3n) is 3.23. The second-order valence-electron chi connectivity index (χ2n) is 4.97. The predicted octanol–water partition coefficient (Wildman–Crippen LogP) is 2.90. The van der Waals surface area contributed by atoms with Gasteiger partial charge in [0, 0.05) is 6.04 Å². The summed E-state index contributed by atoms with van der Waals surface area (Å²) >= 11 is 4.42. The predicted molar refractivity (Wildman–Crippen MR) is 90.6 cm³/mol. The van der Waals surface area contributed by atoms with Crippen LogP contribution in [-0.4, -0.2) is 39.2 Å². The maximum absolute atomic E-state index is 12.0. The van der Waals surface area contributed by atoms with E-state index in [0.717, 1.165) is 40.1 Å². The Morgan fingerprint density at radius 3 is 2.68 bits per heavy atom. The van der Waals surface area contributed by atoms with Crippen molar-refractivity contribution in [2.45, 2.75) is 59.5 Å². The van der Waals surface area contributed by atoms with E-state index in [4.69, 9.17) is 0 Å². The highest BCUT2D eigenvalue weighted by Crippen LogP contribution is 2.31. The minimum Gasteiger partial charge on any atom is -0.335 e. The second-order valence-corrected chi connectivity index (χ2v) is 9.05. The molecule has 1 aromatic rings. The molecule has 0 unspecified atom stereocenters. The van der Waals surface area contributed by atoms with Crippen molar-refractivity contribution in [1.82, 2.24) is 20.8 Å². The smallest absolute Gasteiger partial charge is 0.321 e. The fourth-order valence-electron chi connectivity index (χ4n) is 2.14. The van der Waals surface area contributed by atoms with Crippen LogP contribution in [0.5, 0.6) is 0 Å². The molecule has 122 valence electrons. The molecule has 1 atom stereocenters. The summed E-state index contributed by atoms with van der Waals surface area (Å²) in [7, 11) is 0. The van der Waals surface area contributed by atoms with Crippen LogP contribution in [0.3, 0.4) is 0 Å². The molecule has 1 heterocycles. The molecule has 1 aliphatic carbocycles. The minimum absolute atomic E-state index is 0.201. The lowest BCUT2D eigenvalue weighted by Crippen LogP contribution is -2.45. The van der Waals surface area contributed by atoms with Crippen molar-refractivity contribution in [2.75, 3.05) is 5.75 Å². The Labute approximate surface area is 142 Å². The van der Waals surface area contributed by atoms with E-state index >= 15 is 0 Å². The Balaban J connectivity index is 1.76. The zero-order chi connectivity index (χ0) is 15.9. The van der Waals surface area contributed by atoms with Gasteiger partial charge in [0.25, 0.3) is 0 Å². The third-order valence-corrected chi connectivity index (χ3v) is 6.35. The summed E-state index contributed by atoms with van der Waals surface area (Å²) in [6, 6.07) is -0.198. The molecular formula is C13H20N4O2S3. The monoisotopic (exact) mass is 360 g/mol. The normalized spacial score (nSPS) is 16.5. The number of amides is 3. The lowest BCUT2D eigenvalue weighted by atomic mass is 10.2. The van der Waals surface area contributed by atoms with Gasteiger partial charge >= 0.3 is 6.03 Å². The van der Waals surface area contributed by atoms with E-state index in [1.54, 1.807) is 18.7 Å². The maximum Gasteiger partial charge on any atom is 0.321 e. The van der Waals surface area contributed by atoms with Crippen LogP contribution in [0.1, 0.15) is 39.5 Å². The van der Waals surface area contributed by atoms with Crippen molar-refractivity contribution in [3.05, 3.63) is 0 Å². The molecule has 3 amide bonds. The maximum atomic E-state index is 12.0. The molecule has 0 bridgehead atoms. The van der Waals surface area contributed by atoms with Crippen LogP contribution in [0, 0.1) is 0 Å². The van der Waals surface area contributed by atoms with E-state index in [2.05, 4.69) is 27.8 Å². The highest BCUT2D eigenvalue weighted by atomic mass is 32.2. The summed E-state index contributed by atoms with van der Waals surface area (Å²) in [6.45, 7) is 3.81. The summed E-state index contributed by atoms with van der Waals surface area (Å²) in [6.07, 6.45) is 4.27. The summed E-state index contributed by atoms with van der Waals surface area (Å²) in [5, 5.41) is 13.0. The second kappa shape index (κ2) is 8.73. The van der Waals surface area contributed by atoms with Gasteiger partial charge in [0.2, 0.25) is 5.91 Å². The van der Waals surface area contributed by atoms with Crippen molar-refractivity contribution < 1.29 is 9.59 Å². The summed E-state index contributed by atoms with van der Waals surface area (Å²) in [5.41, 5.74) is 0. The van der Waals surface area contributed by atoms with Crippen molar-refractivity contribution in [1.29, 1.82) is 0 Å². The SMILES string of the molecule is CCSc1nnc(S[C@H](C)C(=O)NC(=O)NC2CCCC2)s1.